The number of benzene rings is 3. The molecule has 0 radical (unpaired) electrons. The van der Waals surface area contributed by atoms with Crippen LogP contribution in [0.1, 0.15) is 22.8 Å². The molecule has 0 spiro atoms. The molecule has 1 aliphatic rings. The highest BCUT2D eigenvalue weighted by atomic mass is 79.9. The fourth-order valence-electron chi connectivity index (χ4n) is 3.74. The van der Waals surface area contributed by atoms with Crippen LogP contribution < -0.4 is 25.0 Å². The quantitative estimate of drug-likeness (QED) is 0.176. The fraction of sp³-hybridized carbons (Fsp3) is 0.107. The zero-order valence-corrected chi connectivity index (χ0v) is 23.7. The van der Waals surface area contributed by atoms with Crippen molar-refractivity contribution in [2.45, 2.75) is 6.92 Å². The molecule has 1 saturated heterocycles. The van der Waals surface area contributed by atoms with Gasteiger partial charge in [0, 0.05) is 10.2 Å². The van der Waals surface area contributed by atoms with E-state index in [0.717, 1.165) is 4.90 Å². The number of hydrogen-bond donors (Lipinski definition) is 3. The van der Waals surface area contributed by atoms with Crippen LogP contribution >= 0.6 is 28.1 Å². The number of carboxylic acids is 1. The molecule has 210 valence electrons. The van der Waals surface area contributed by atoms with Crippen molar-refractivity contribution < 1.29 is 38.1 Å². The Balaban J connectivity index is 1.59. The third-order valence-electron chi connectivity index (χ3n) is 5.60. The van der Waals surface area contributed by atoms with Crippen LogP contribution in [0.4, 0.5) is 15.8 Å². The van der Waals surface area contributed by atoms with E-state index >= 15 is 0 Å². The summed E-state index contributed by atoms with van der Waals surface area (Å²) < 4.78 is 24.8. The lowest BCUT2D eigenvalue weighted by Crippen LogP contribution is -2.54. The Morgan fingerprint density at radius 2 is 1.80 bits per heavy atom. The predicted octanol–water partition coefficient (Wildman–Crippen LogP) is 4.53. The number of ether oxygens (including phenoxy) is 2. The molecule has 41 heavy (non-hydrogen) atoms. The van der Waals surface area contributed by atoms with Crippen LogP contribution in [0.25, 0.3) is 6.08 Å². The number of nitrogens with zero attached hydrogens (tertiary/aromatic N) is 1. The lowest BCUT2D eigenvalue weighted by Gasteiger charge is -2.29. The molecule has 0 atom stereocenters. The Kier molecular flexibility index (Phi) is 9.10. The van der Waals surface area contributed by atoms with Crippen molar-refractivity contribution in [3.05, 3.63) is 87.7 Å². The lowest BCUT2D eigenvalue weighted by molar-refractivity contribution is -0.122. The molecule has 3 amide bonds. The smallest absolute Gasteiger partial charge is 0.335 e. The van der Waals surface area contributed by atoms with Crippen molar-refractivity contribution in [2.75, 3.05) is 23.4 Å². The second-order valence-corrected chi connectivity index (χ2v) is 9.65. The van der Waals surface area contributed by atoms with Crippen molar-refractivity contribution in [2.24, 2.45) is 0 Å². The molecule has 0 aliphatic carbocycles. The summed E-state index contributed by atoms with van der Waals surface area (Å²) in [6.07, 6.45) is 1.32. The van der Waals surface area contributed by atoms with Gasteiger partial charge in [0.1, 0.15) is 11.4 Å². The van der Waals surface area contributed by atoms with Gasteiger partial charge in [-0.3, -0.25) is 24.6 Å². The van der Waals surface area contributed by atoms with Gasteiger partial charge in [0.2, 0.25) is 0 Å². The normalized spacial score (nSPS) is 14.1. The number of anilines is 2. The number of rotatable bonds is 9. The summed E-state index contributed by atoms with van der Waals surface area (Å²) in [4.78, 5) is 50.9. The van der Waals surface area contributed by atoms with E-state index in [9.17, 15) is 28.7 Å². The van der Waals surface area contributed by atoms with Gasteiger partial charge in [-0.05, 0) is 85.4 Å². The van der Waals surface area contributed by atoms with E-state index in [0.29, 0.717) is 15.7 Å². The highest BCUT2D eigenvalue weighted by Crippen LogP contribution is 2.35. The van der Waals surface area contributed by atoms with Gasteiger partial charge in [-0.25, -0.2) is 9.18 Å². The number of carbonyl (C=O) groups excluding carboxylic acids is 3. The van der Waals surface area contributed by atoms with Gasteiger partial charge in [0.05, 0.1) is 17.9 Å². The molecular formula is C28H21BrFN3O7S. The van der Waals surface area contributed by atoms with Crippen molar-refractivity contribution in [1.82, 2.24) is 5.32 Å². The van der Waals surface area contributed by atoms with Crippen LogP contribution in [-0.4, -0.2) is 47.1 Å². The minimum atomic E-state index is -1.19. The van der Waals surface area contributed by atoms with Crippen LogP contribution in [0.15, 0.2) is 70.7 Å². The summed E-state index contributed by atoms with van der Waals surface area (Å²) >= 11 is 8.59. The third-order valence-corrected chi connectivity index (χ3v) is 6.57. The van der Waals surface area contributed by atoms with E-state index in [-0.39, 0.29) is 46.6 Å². The zero-order valence-electron chi connectivity index (χ0n) is 21.3. The number of aromatic carboxylic acids is 1. The van der Waals surface area contributed by atoms with Crippen LogP contribution in [-0.2, 0) is 14.4 Å². The summed E-state index contributed by atoms with van der Waals surface area (Å²) in [5.74, 6) is -3.17. The summed E-state index contributed by atoms with van der Waals surface area (Å²) in [5.41, 5.74) is 0.609. The largest absolute Gasteiger partial charge is 0.490 e. The molecule has 0 unspecified atom stereocenters. The summed E-state index contributed by atoms with van der Waals surface area (Å²) in [7, 11) is 0. The first-order valence-electron chi connectivity index (χ1n) is 12.0. The minimum absolute atomic E-state index is 0.0634. The number of nitrogens with one attached hydrogen (secondary N) is 2. The molecule has 13 heteroatoms. The van der Waals surface area contributed by atoms with Crippen molar-refractivity contribution in [1.29, 1.82) is 0 Å². The Bertz CT molecular complexity index is 1590. The van der Waals surface area contributed by atoms with E-state index < -0.39 is 29.5 Å². The number of thiocarbonyl (C=S) groups is 1. The second-order valence-electron chi connectivity index (χ2n) is 8.41. The Morgan fingerprint density at radius 3 is 2.49 bits per heavy atom. The maximum atomic E-state index is 13.4. The molecule has 0 aromatic heterocycles. The van der Waals surface area contributed by atoms with Gasteiger partial charge in [-0.15, -0.1) is 0 Å². The molecule has 4 rings (SSSR count). The van der Waals surface area contributed by atoms with E-state index in [1.165, 1.54) is 66.7 Å². The van der Waals surface area contributed by atoms with Gasteiger partial charge in [0.15, 0.2) is 23.2 Å². The van der Waals surface area contributed by atoms with Crippen LogP contribution in [0.2, 0.25) is 0 Å². The van der Waals surface area contributed by atoms with Gasteiger partial charge in [0.25, 0.3) is 17.7 Å². The second kappa shape index (κ2) is 12.7. The first kappa shape index (κ1) is 29.4. The maximum Gasteiger partial charge on any atom is 0.335 e. The summed E-state index contributed by atoms with van der Waals surface area (Å²) in [5, 5.41) is 14.2. The third kappa shape index (κ3) is 6.94. The zero-order chi connectivity index (χ0) is 29.7. The predicted molar refractivity (Wildman–Crippen MR) is 155 cm³/mol. The number of amides is 3. The fourth-order valence-corrected chi connectivity index (χ4v) is 4.46. The highest BCUT2D eigenvalue weighted by Gasteiger charge is 2.35. The molecular weight excluding hydrogens is 621 g/mol. The monoisotopic (exact) mass is 641 g/mol. The molecule has 1 fully saturated rings. The van der Waals surface area contributed by atoms with Crippen LogP contribution in [0.3, 0.4) is 0 Å². The molecule has 0 bridgehead atoms. The van der Waals surface area contributed by atoms with Gasteiger partial charge in [-0.1, -0.05) is 22.0 Å². The average Bonchev–Trinajstić information content (AvgIpc) is 2.93. The molecule has 3 aromatic carbocycles. The maximum absolute atomic E-state index is 13.4. The Labute approximate surface area is 246 Å². The number of halogens is 2. The average molecular weight is 642 g/mol. The first-order valence-corrected chi connectivity index (χ1v) is 13.2. The van der Waals surface area contributed by atoms with E-state index in [1.54, 1.807) is 6.92 Å². The van der Waals surface area contributed by atoms with Gasteiger partial charge < -0.3 is 19.9 Å². The Hall–Kier alpha value is -4.62. The van der Waals surface area contributed by atoms with Gasteiger partial charge >= 0.3 is 5.97 Å². The molecule has 0 saturated carbocycles. The van der Waals surface area contributed by atoms with E-state index in [1.807, 2.05) is 0 Å². The molecule has 3 N–H and O–H groups in total. The van der Waals surface area contributed by atoms with Crippen molar-refractivity contribution >= 4 is 74.4 Å². The molecule has 1 heterocycles. The number of carbonyl (C=O) groups is 4. The van der Waals surface area contributed by atoms with Crippen molar-refractivity contribution in [3.63, 3.8) is 0 Å². The topological polar surface area (TPSA) is 134 Å². The van der Waals surface area contributed by atoms with E-state index in [4.69, 9.17) is 21.7 Å². The Morgan fingerprint density at radius 1 is 1.10 bits per heavy atom. The van der Waals surface area contributed by atoms with E-state index in [2.05, 4.69) is 26.6 Å². The van der Waals surface area contributed by atoms with Gasteiger partial charge in [-0.2, -0.15) is 0 Å². The number of carboxylic acid groups (broad SMARTS) is 1. The summed E-state index contributed by atoms with van der Waals surface area (Å²) in [6, 6.07) is 13.9. The SMILES string of the molecule is CCOc1cc(C=C2C(=O)NC(=S)N(c3cccc(C(=O)O)c3)C2=O)c(Br)cc1OCC(=O)Nc1ccc(F)cc1. The minimum Gasteiger partial charge on any atom is -0.490 e. The first-order chi connectivity index (χ1) is 19.6. The number of hydrogen-bond acceptors (Lipinski definition) is 7. The molecule has 1 aliphatic heterocycles. The van der Waals surface area contributed by atoms with Crippen molar-refractivity contribution in [3.8, 4) is 11.5 Å². The molecule has 3 aromatic rings. The molecule has 10 nitrogen and oxygen atoms in total. The highest BCUT2D eigenvalue weighted by molar-refractivity contribution is 9.10. The standard InChI is InChI=1S/C28H21BrFN3O7S/c1-2-39-22-12-16(21(29)13-23(22)40-14-24(34)31-18-8-6-17(30)7-9-18)11-20-25(35)32-28(41)33(26(20)36)19-5-3-4-15(10-19)27(37)38/h3-13H,2,14H2,1H3,(H,31,34)(H,37,38)(H,32,35,41). The summed E-state index contributed by atoms with van der Waals surface area (Å²) in [6.45, 7) is 1.61. The van der Waals surface area contributed by atoms with Crippen LogP contribution in [0.5, 0.6) is 11.5 Å². The lowest BCUT2D eigenvalue weighted by atomic mass is 10.1. The van der Waals surface area contributed by atoms with Crippen LogP contribution in [0, 0.1) is 5.82 Å².